The van der Waals surface area contributed by atoms with Crippen molar-refractivity contribution in [2.75, 3.05) is 33.0 Å². The summed E-state index contributed by atoms with van der Waals surface area (Å²) in [5.74, 6) is -1.09. The number of rotatable bonds is 15. The number of aliphatic hydroxyl groups is 1. The van der Waals surface area contributed by atoms with Gasteiger partial charge in [0.1, 0.15) is 12.2 Å². The number of esters is 2. The lowest BCUT2D eigenvalue weighted by Crippen LogP contribution is -2.31. The van der Waals surface area contributed by atoms with Gasteiger partial charge in [-0.15, -0.1) is 0 Å². The fourth-order valence-electron chi connectivity index (χ4n) is 1.69. The quantitative estimate of drug-likeness (QED) is 0.335. The molecule has 26 heavy (non-hydrogen) atoms. The van der Waals surface area contributed by atoms with Crippen LogP contribution in [0.25, 0.3) is 0 Å². The molecule has 0 aromatic rings. The minimum Gasteiger partial charge on any atom is -0.457 e. The fraction of sp³-hybridized carbons (Fsp3) is 0.667. The topological polar surface area (TPSA) is 101 Å². The third kappa shape index (κ3) is 13.5. The number of aliphatic hydroxyl groups excluding tert-OH is 1. The van der Waals surface area contributed by atoms with Crippen molar-refractivity contribution < 1.29 is 38.4 Å². The molecule has 0 saturated heterocycles. The molecule has 4 atom stereocenters. The summed E-state index contributed by atoms with van der Waals surface area (Å²) in [5, 5.41) is 9.18. The van der Waals surface area contributed by atoms with E-state index in [4.69, 9.17) is 23.7 Å². The molecule has 0 radical (unpaired) electrons. The van der Waals surface area contributed by atoms with Crippen LogP contribution in [0.3, 0.4) is 0 Å². The Morgan fingerprint density at radius 3 is 1.92 bits per heavy atom. The Hall–Kier alpha value is -1.74. The second-order valence-electron chi connectivity index (χ2n) is 5.78. The van der Waals surface area contributed by atoms with E-state index in [1.165, 1.54) is 0 Å². The molecule has 0 aromatic carbocycles. The predicted octanol–water partition coefficient (Wildman–Crippen LogP) is 1.02. The molecule has 8 heteroatoms. The molecular formula is C18H30O8. The second kappa shape index (κ2) is 14.4. The van der Waals surface area contributed by atoms with Gasteiger partial charge in [-0.05, 0) is 20.8 Å². The van der Waals surface area contributed by atoms with Crippen LogP contribution >= 0.6 is 0 Å². The Morgan fingerprint density at radius 1 is 0.846 bits per heavy atom. The van der Waals surface area contributed by atoms with Gasteiger partial charge in [0.15, 0.2) is 0 Å². The summed E-state index contributed by atoms with van der Waals surface area (Å²) in [6.45, 7) is 12.6. The molecule has 0 aliphatic carbocycles. The Balaban J connectivity index is 4.12. The van der Waals surface area contributed by atoms with E-state index in [-0.39, 0.29) is 39.1 Å². The average molecular weight is 374 g/mol. The number of hydrogen-bond donors (Lipinski definition) is 1. The number of ether oxygens (including phenoxy) is 5. The van der Waals surface area contributed by atoms with Crippen molar-refractivity contribution in [2.45, 2.75) is 45.2 Å². The molecular weight excluding hydrogens is 344 g/mol. The van der Waals surface area contributed by atoms with Gasteiger partial charge in [0, 0.05) is 12.2 Å². The standard InChI is InChI=1S/C18H30O8/c1-6-17(20)25-15(5)10-24-14(4)9-23-12-16(26-18(21)7-2)11-22-8-13(3)19/h6-7,13-16,19H,1-2,8-12H2,3-5H3. The van der Waals surface area contributed by atoms with Crippen LogP contribution < -0.4 is 0 Å². The smallest absolute Gasteiger partial charge is 0.330 e. The summed E-state index contributed by atoms with van der Waals surface area (Å²) in [7, 11) is 0. The highest BCUT2D eigenvalue weighted by Crippen LogP contribution is 2.02. The SMILES string of the molecule is C=CC(=O)OC(C)COC(C)COCC(COCC(C)O)OC(=O)C=C. The molecule has 0 fully saturated rings. The third-order valence-corrected chi connectivity index (χ3v) is 2.87. The van der Waals surface area contributed by atoms with Crippen molar-refractivity contribution in [1.29, 1.82) is 0 Å². The number of carbonyl (C=O) groups is 2. The number of hydrogen-bond acceptors (Lipinski definition) is 8. The fourth-order valence-corrected chi connectivity index (χ4v) is 1.69. The van der Waals surface area contributed by atoms with Crippen LogP contribution in [0.2, 0.25) is 0 Å². The van der Waals surface area contributed by atoms with E-state index in [0.717, 1.165) is 12.2 Å². The first-order valence-electron chi connectivity index (χ1n) is 8.39. The van der Waals surface area contributed by atoms with Crippen molar-refractivity contribution in [2.24, 2.45) is 0 Å². The third-order valence-electron chi connectivity index (χ3n) is 2.87. The largest absolute Gasteiger partial charge is 0.457 e. The highest BCUT2D eigenvalue weighted by Gasteiger charge is 2.16. The van der Waals surface area contributed by atoms with Crippen LogP contribution in [0, 0.1) is 0 Å². The van der Waals surface area contributed by atoms with E-state index < -0.39 is 30.3 Å². The number of carbonyl (C=O) groups excluding carboxylic acids is 2. The van der Waals surface area contributed by atoms with E-state index in [0.29, 0.717) is 0 Å². The van der Waals surface area contributed by atoms with Crippen LogP contribution in [-0.4, -0.2) is 74.5 Å². The second-order valence-corrected chi connectivity index (χ2v) is 5.78. The molecule has 150 valence electrons. The molecule has 0 saturated carbocycles. The Bertz CT molecular complexity index is 435. The van der Waals surface area contributed by atoms with E-state index >= 15 is 0 Å². The molecule has 0 aliphatic heterocycles. The highest BCUT2D eigenvalue weighted by molar-refractivity contribution is 5.81. The van der Waals surface area contributed by atoms with Crippen molar-refractivity contribution in [1.82, 2.24) is 0 Å². The normalized spacial score (nSPS) is 15.4. The summed E-state index contributed by atoms with van der Waals surface area (Å²) in [6.07, 6.45) is 0.246. The molecule has 0 spiro atoms. The van der Waals surface area contributed by atoms with Gasteiger partial charge in [-0.25, -0.2) is 9.59 Å². The van der Waals surface area contributed by atoms with Gasteiger partial charge in [0.05, 0.1) is 45.2 Å². The summed E-state index contributed by atoms with van der Waals surface area (Å²) in [5.41, 5.74) is 0. The first-order chi connectivity index (χ1) is 12.3. The lowest BCUT2D eigenvalue weighted by Gasteiger charge is -2.20. The maximum Gasteiger partial charge on any atom is 0.330 e. The lowest BCUT2D eigenvalue weighted by atomic mass is 10.3. The Labute approximate surface area is 154 Å². The van der Waals surface area contributed by atoms with Gasteiger partial charge in [-0.1, -0.05) is 13.2 Å². The highest BCUT2D eigenvalue weighted by atomic mass is 16.6. The van der Waals surface area contributed by atoms with Crippen LogP contribution in [0.5, 0.6) is 0 Å². The zero-order valence-electron chi connectivity index (χ0n) is 15.7. The zero-order valence-corrected chi connectivity index (χ0v) is 15.7. The van der Waals surface area contributed by atoms with Gasteiger partial charge < -0.3 is 28.8 Å². The summed E-state index contributed by atoms with van der Waals surface area (Å²) in [6, 6.07) is 0. The minimum atomic E-state index is -0.626. The Morgan fingerprint density at radius 2 is 1.38 bits per heavy atom. The van der Waals surface area contributed by atoms with Crippen LogP contribution in [0.1, 0.15) is 20.8 Å². The first kappa shape index (κ1) is 24.3. The van der Waals surface area contributed by atoms with Gasteiger partial charge in [-0.3, -0.25) is 0 Å². The monoisotopic (exact) mass is 374 g/mol. The van der Waals surface area contributed by atoms with Crippen molar-refractivity contribution >= 4 is 11.9 Å². The van der Waals surface area contributed by atoms with E-state index in [1.54, 1.807) is 20.8 Å². The Kier molecular flexibility index (Phi) is 13.5. The predicted molar refractivity (Wildman–Crippen MR) is 94.6 cm³/mol. The molecule has 0 rings (SSSR count). The average Bonchev–Trinajstić information content (AvgIpc) is 2.59. The molecule has 1 N–H and O–H groups in total. The molecule has 4 unspecified atom stereocenters. The van der Waals surface area contributed by atoms with E-state index in [2.05, 4.69) is 13.2 Å². The molecule has 0 amide bonds. The zero-order chi connectivity index (χ0) is 19.9. The van der Waals surface area contributed by atoms with E-state index in [9.17, 15) is 14.7 Å². The van der Waals surface area contributed by atoms with Crippen molar-refractivity contribution in [3.8, 4) is 0 Å². The lowest BCUT2D eigenvalue weighted by molar-refractivity contribution is -0.153. The summed E-state index contributed by atoms with van der Waals surface area (Å²) >= 11 is 0. The van der Waals surface area contributed by atoms with Gasteiger partial charge in [0.2, 0.25) is 0 Å². The molecule has 0 heterocycles. The first-order valence-corrected chi connectivity index (χ1v) is 8.39. The van der Waals surface area contributed by atoms with Gasteiger partial charge in [-0.2, -0.15) is 0 Å². The van der Waals surface area contributed by atoms with Crippen molar-refractivity contribution in [3.63, 3.8) is 0 Å². The van der Waals surface area contributed by atoms with Crippen LogP contribution in [-0.2, 0) is 33.3 Å². The summed E-state index contributed by atoms with van der Waals surface area (Å²) in [4.78, 5) is 22.4. The molecule has 8 nitrogen and oxygen atoms in total. The van der Waals surface area contributed by atoms with Crippen LogP contribution in [0.15, 0.2) is 25.3 Å². The summed E-state index contributed by atoms with van der Waals surface area (Å²) < 4.78 is 26.4. The van der Waals surface area contributed by atoms with Crippen LogP contribution in [0.4, 0.5) is 0 Å². The maximum absolute atomic E-state index is 11.3. The molecule has 0 aromatic heterocycles. The van der Waals surface area contributed by atoms with E-state index in [1.807, 2.05) is 0 Å². The van der Waals surface area contributed by atoms with Gasteiger partial charge >= 0.3 is 11.9 Å². The maximum atomic E-state index is 11.3. The minimum absolute atomic E-state index is 0.0915. The molecule has 0 aliphatic rings. The van der Waals surface area contributed by atoms with Gasteiger partial charge in [0.25, 0.3) is 0 Å². The van der Waals surface area contributed by atoms with Crippen molar-refractivity contribution in [3.05, 3.63) is 25.3 Å². The molecule has 0 bridgehead atoms.